The summed E-state index contributed by atoms with van der Waals surface area (Å²) in [5.41, 5.74) is -3.64. The highest BCUT2D eigenvalue weighted by Crippen LogP contribution is 2.29. The van der Waals surface area contributed by atoms with Crippen molar-refractivity contribution in [2.45, 2.75) is 96.6 Å². The van der Waals surface area contributed by atoms with Crippen LogP contribution in [0.3, 0.4) is 0 Å². The molecule has 2 heterocycles. The van der Waals surface area contributed by atoms with Crippen LogP contribution in [0.15, 0.2) is 34.7 Å². The number of unbranched alkanes of at least 4 members (excludes halogenated alkanes) is 8. The number of aromatic nitrogens is 1. The van der Waals surface area contributed by atoms with Gasteiger partial charge in [0.15, 0.2) is 5.76 Å². The summed E-state index contributed by atoms with van der Waals surface area (Å²) < 4.78 is 70.2. The average molecular weight is 505 g/mol. The van der Waals surface area contributed by atoms with Crippen LogP contribution in [-0.2, 0) is 25.5 Å². The Labute approximate surface area is 200 Å². The molecule has 192 valence electrons. The second-order valence-corrected chi connectivity index (χ2v) is 10.2. The van der Waals surface area contributed by atoms with E-state index < -0.39 is 21.5 Å². The van der Waals surface area contributed by atoms with Gasteiger partial charge >= 0.3 is 15.6 Å². The summed E-state index contributed by atoms with van der Waals surface area (Å²) >= 11 is 0. The molecule has 10 heteroatoms. The van der Waals surface area contributed by atoms with Gasteiger partial charge in [-0.15, -0.1) is 0 Å². The molecule has 2 rings (SSSR count). The second-order valence-electron chi connectivity index (χ2n) is 8.66. The molecule has 1 aromatic rings. The van der Waals surface area contributed by atoms with Crippen LogP contribution >= 0.6 is 0 Å². The first-order valence-corrected chi connectivity index (χ1v) is 13.3. The van der Waals surface area contributed by atoms with Crippen molar-refractivity contribution in [2.24, 2.45) is 4.99 Å². The lowest BCUT2D eigenvalue weighted by atomic mass is 10.1. The Morgan fingerprint density at radius 3 is 2.24 bits per heavy atom. The van der Waals surface area contributed by atoms with Gasteiger partial charge in [-0.2, -0.15) is 21.6 Å². The van der Waals surface area contributed by atoms with Crippen molar-refractivity contribution in [3.05, 3.63) is 41.1 Å². The lowest BCUT2D eigenvalue weighted by Gasteiger charge is -2.10. The Hall–Kier alpha value is -2.23. The summed E-state index contributed by atoms with van der Waals surface area (Å²) in [6.45, 7) is 5.69. The van der Waals surface area contributed by atoms with E-state index in [9.17, 15) is 21.6 Å². The van der Waals surface area contributed by atoms with Gasteiger partial charge in [-0.25, -0.2) is 4.99 Å². The largest absolute Gasteiger partial charge is 0.534 e. The van der Waals surface area contributed by atoms with Crippen LogP contribution in [0.2, 0.25) is 0 Å². The third kappa shape index (κ3) is 9.19. The molecule has 1 aliphatic rings. The fraction of sp³-hybridized carbons (Fsp3) is 0.625. The van der Waals surface area contributed by atoms with Gasteiger partial charge in [0.25, 0.3) is 0 Å². The van der Waals surface area contributed by atoms with Crippen molar-refractivity contribution >= 4 is 22.1 Å². The molecule has 0 saturated carbocycles. The molecule has 0 spiro atoms. The number of halogens is 3. The molecule has 0 saturated heterocycles. The molecule has 0 fully saturated rings. The maximum atomic E-state index is 12.6. The minimum Gasteiger partial charge on any atom is -0.489 e. The highest BCUT2D eigenvalue weighted by molar-refractivity contribution is 7.88. The van der Waals surface area contributed by atoms with Gasteiger partial charge in [-0.05, 0) is 44.9 Å². The Bertz CT molecular complexity index is 977. The van der Waals surface area contributed by atoms with Crippen LogP contribution in [0.4, 0.5) is 13.2 Å². The van der Waals surface area contributed by atoms with Crippen molar-refractivity contribution < 1.29 is 30.5 Å². The molecular weight excluding hydrogens is 469 g/mol. The van der Waals surface area contributed by atoms with Crippen LogP contribution in [-0.4, -0.2) is 30.9 Å². The van der Waals surface area contributed by atoms with Gasteiger partial charge in [-0.1, -0.05) is 58.3 Å². The molecule has 0 radical (unpaired) electrons. The number of aliphatic imine (C=N–C) groups is 1. The van der Waals surface area contributed by atoms with E-state index in [1.54, 1.807) is 19.9 Å². The quantitative estimate of drug-likeness (QED) is 0.168. The molecule has 0 atom stereocenters. The highest BCUT2D eigenvalue weighted by Gasteiger charge is 2.49. The van der Waals surface area contributed by atoms with E-state index >= 15 is 0 Å². The third-order valence-electron chi connectivity index (χ3n) is 5.19. The number of aryl methyl sites for hydroxylation is 1. The predicted molar refractivity (Wildman–Crippen MR) is 127 cm³/mol. The summed E-state index contributed by atoms with van der Waals surface area (Å²) in [5.74, 6) is -0.557. The van der Waals surface area contributed by atoms with Gasteiger partial charge in [0.2, 0.25) is 5.90 Å². The van der Waals surface area contributed by atoms with Crippen molar-refractivity contribution in [3.8, 4) is 0 Å². The molecule has 0 unspecified atom stereocenters. The van der Waals surface area contributed by atoms with E-state index in [-0.39, 0.29) is 17.6 Å². The Balaban J connectivity index is 1.94. The number of rotatable bonds is 14. The number of H-pyrrole nitrogens is 1. The molecule has 1 N–H and O–H groups in total. The molecule has 34 heavy (non-hydrogen) atoms. The van der Waals surface area contributed by atoms with E-state index in [4.69, 9.17) is 4.74 Å². The molecule has 0 amide bonds. The van der Waals surface area contributed by atoms with Gasteiger partial charge in [0.05, 0.1) is 6.10 Å². The maximum Gasteiger partial charge on any atom is 0.534 e. The van der Waals surface area contributed by atoms with Gasteiger partial charge in [0, 0.05) is 17.5 Å². The van der Waals surface area contributed by atoms with Gasteiger partial charge in [0.1, 0.15) is 5.70 Å². The molecule has 0 aliphatic carbocycles. The van der Waals surface area contributed by atoms with E-state index in [1.807, 2.05) is 12.1 Å². The number of hydrogen-bond donors (Lipinski definition) is 1. The Kier molecular flexibility index (Phi) is 10.7. The van der Waals surface area contributed by atoms with E-state index in [0.29, 0.717) is 5.69 Å². The number of alkyl halides is 3. The standard InChI is InChI=1S/C24H35F3N2O4S/c1-4-5-6-7-8-9-10-11-12-13-19-14-15-20(28-19)16-21-22(32-18(2)3)17-23(29-21)33-34(30,31)24(25,26)27/h14-18,28H,4-13H2,1-3H3/b21-16-. The Morgan fingerprint density at radius 1 is 1.03 bits per heavy atom. The summed E-state index contributed by atoms with van der Waals surface area (Å²) in [7, 11) is -5.81. The SMILES string of the molecule is CCCCCCCCCCCc1ccc(/C=C2\N=C(OS(=O)(=O)C(F)(F)F)C=C2OC(C)C)[nH]1. The zero-order valence-corrected chi connectivity index (χ0v) is 20.9. The second kappa shape index (κ2) is 13.0. The molecule has 1 aliphatic heterocycles. The zero-order valence-electron chi connectivity index (χ0n) is 20.1. The third-order valence-corrected chi connectivity index (χ3v) is 6.15. The first-order chi connectivity index (χ1) is 16.0. The topological polar surface area (TPSA) is 80.8 Å². The number of nitrogens with one attached hydrogen (secondary N) is 1. The first-order valence-electron chi connectivity index (χ1n) is 11.9. The predicted octanol–water partition coefficient (Wildman–Crippen LogP) is 7.02. The number of aromatic amines is 1. The zero-order chi connectivity index (χ0) is 25.2. The van der Waals surface area contributed by atoms with Crippen molar-refractivity contribution in [3.63, 3.8) is 0 Å². The Morgan fingerprint density at radius 2 is 1.65 bits per heavy atom. The molecule has 1 aromatic heterocycles. The number of ether oxygens (including phenoxy) is 1. The maximum absolute atomic E-state index is 12.6. The number of hydrogen-bond acceptors (Lipinski definition) is 5. The van der Waals surface area contributed by atoms with Crippen molar-refractivity contribution in [1.29, 1.82) is 0 Å². The van der Waals surface area contributed by atoms with Gasteiger partial charge < -0.3 is 13.9 Å². The minimum absolute atomic E-state index is 0.137. The monoisotopic (exact) mass is 504 g/mol. The van der Waals surface area contributed by atoms with Crippen LogP contribution in [0.1, 0.15) is 89.9 Å². The van der Waals surface area contributed by atoms with E-state index in [0.717, 1.165) is 31.0 Å². The van der Waals surface area contributed by atoms with E-state index in [2.05, 4.69) is 21.1 Å². The molecular formula is C24H35F3N2O4S. The number of nitrogens with zero attached hydrogens (tertiary/aromatic N) is 1. The van der Waals surface area contributed by atoms with Crippen LogP contribution in [0, 0.1) is 0 Å². The first kappa shape index (κ1) is 28.0. The normalized spacial score (nSPS) is 15.7. The van der Waals surface area contributed by atoms with Crippen LogP contribution in [0.5, 0.6) is 0 Å². The summed E-state index contributed by atoms with van der Waals surface area (Å²) in [6, 6.07) is 3.79. The molecule has 0 aromatic carbocycles. The van der Waals surface area contributed by atoms with Crippen molar-refractivity contribution in [1.82, 2.24) is 4.98 Å². The molecule has 0 bridgehead atoms. The van der Waals surface area contributed by atoms with Crippen LogP contribution in [0.25, 0.3) is 6.08 Å². The fourth-order valence-electron chi connectivity index (χ4n) is 3.51. The highest BCUT2D eigenvalue weighted by atomic mass is 32.2. The van der Waals surface area contributed by atoms with Crippen LogP contribution < -0.4 is 0 Å². The van der Waals surface area contributed by atoms with Crippen molar-refractivity contribution in [2.75, 3.05) is 0 Å². The summed E-state index contributed by atoms with van der Waals surface area (Å²) in [6.07, 6.45) is 14.5. The minimum atomic E-state index is -5.81. The average Bonchev–Trinajstić information content (AvgIpc) is 3.32. The fourth-order valence-corrected chi connectivity index (χ4v) is 3.91. The van der Waals surface area contributed by atoms with E-state index in [1.165, 1.54) is 44.9 Å². The van der Waals surface area contributed by atoms with Gasteiger partial charge in [-0.3, -0.25) is 0 Å². The lowest BCUT2D eigenvalue weighted by Crippen LogP contribution is -2.27. The molecule has 6 nitrogen and oxygen atoms in total. The lowest BCUT2D eigenvalue weighted by molar-refractivity contribution is -0.0504. The summed E-state index contributed by atoms with van der Waals surface area (Å²) in [4.78, 5) is 7.15. The smallest absolute Gasteiger partial charge is 0.489 e. The summed E-state index contributed by atoms with van der Waals surface area (Å²) in [5, 5.41) is 0.